The fourth-order valence-corrected chi connectivity index (χ4v) is 3.54. The van der Waals surface area contributed by atoms with Crippen molar-refractivity contribution >= 4 is 17.7 Å². The minimum atomic E-state index is 0.0858. The minimum Gasteiger partial charge on any atom is -0.379 e. The first-order chi connectivity index (χ1) is 13.0. The number of rotatable bonds is 8. The number of carbonyl (C=O) groups excluding carboxylic acids is 3. The third-order valence-electron chi connectivity index (χ3n) is 5.35. The van der Waals surface area contributed by atoms with Gasteiger partial charge in [-0.2, -0.15) is 0 Å². The molecule has 3 amide bonds. The Morgan fingerprint density at radius 2 is 1.37 bits per heavy atom. The lowest BCUT2D eigenvalue weighted by atomic mass is 10.2. The predicted octanol–water partition coefficient (Wildman–Crippen LogP) is 0.0281. The van der Waals surface area contributed by atoms with Crippen molar-refractivity contribution in [3.05, 3.63) is 0 Å². The monoisotopic (exact) mass is 382 g/mol. The Morgan fingerprint density at radius 3 is 1.93 bits per heavy atom. The molecule has 27 heavy (non-hydrogen) atoms. The second-order valence-corrected chi connectivity index (χ2v) is 7.07. The van der Waals surface area contributed by atoms with E-state index >= 15 is 0 Å². The van der Waals surface area contributed by atoms with E-state index < -0.39 is 0 Å². The molecule has 0 aliphatic carbocycles. The highest BCUT2D eigenvalue weighted by Gasteiger charge is 2.25. The average Bonchev–Trinajstić information content (AvgIpc) is 2.69. The van der Waals surface area contributed by atoms with Crippen LogP contribution >= 0.6 is 0 Å². The van der Waals surface area contributed by atoms with Gasteiger partial charge in [-0.05, 0) is 20.3 Å². The summed E-state index contributed by atoms with van der Waals surface area (Å²) in [4.78, 5) is 44.3. The Kier molecular flexibility index (Phi) is 9.00. The maximum Gasteiger partial charge on any atom is 0.236 e. The van der Waals surface area contributed by atoms with E-state index in [0.29, 0.717) is 78.3 Å². The first kappa shape index (κ1) is 21.6. The molecule has 0 N–H and O–H groups in total. The van der Waals surface area contributed by atoms with Crippen molar-refractivity contribution in [2.45, 2.75) is 33.1 Å². The molecule has 2 aliphatic heterocycles. The molecule has 2 saturated heterocycles. The molecule has 2 rings (SSSR count). The second-order valence-electron chi connectivity index (χ2n) is 7.07. The quantitative estimate of drug-likeness (QED) is 0.592. The zero-order valence-corrected chi connectivity index (χ0v) is 16.8. The lowest BCUT2D eigenvalue weighted by Gasteiger charge is -2.36. The standard InChI is InChI=1S/C19H34N4O4/c1-3-21(4-2)17(24)6-5-7-18(25)22-8-10-23(11-9-22)19(26)16-20-12-14-27-15-13-20/h3-16H2,1-2H3. The van der Waals surface area contributed by atoms with E-state index in [1.54, 1.807) is 4.90 Å². The SMILES string of the molecule is CCN(CC)C(=O)CCCC(=O)N1CCN(C(=O)CN2CCOCC2)CC1. The number of piperazine rings is 1. The highest BCUT2D eigenvalue weighted by Crippen LogP contribution is 2.09. The zero-order valence-electron chi connectivity index (χ0n) is 16.8. The molecule has 8 nitrogen and oxygen atoms in total. The molecule has 2 fully saturated rings. The summed E-state index contributed by atoms with van der Waals surface area (Å²) < 4.78 is 5.31. The molecular weight excluding hydrogens is 348 g/mol. The van der Waals surface area contributed by atoms with Crippen molar-refractivity contribution in [3.8, 4) is 0 Å². The molecule has 0 aromatic rings. The Morgan fingerprint density at radius 1 is 0.815 bits per heavy atom. The number of carbonyl (C=O) groups is 3. The molecule has 0 bridgehead atoms. The summed E-state index contributed by atoms with van der Waals surface area (Å²) in [7, 11) is 0. The van der Waals surface area contributed by atoms with Crippen LogP contribution in [0.3, 0.4) is 0 Å². The van der Waals surface area contributed by atoms with Gasteiger partial charge in [0.05, 0.1) is 19.8 Å². The number of nitrogens with zero attached hydrogens (tertiary/aromatic N) is 4. The van der Waals surface area contributed by atoms with Crippen molar-refractivity contribution in [2.24, 2.45) is 0 Å². The molecular formula is C19H34N4O4. The summed E-state index contributed by atoms with van der Waals surface area (Å²) in [6.45, 7) is 11.1. The number of morpholine rings is 1. The van der Waals surface area contributed by atoms with E-state index in [1.807, 2.05) is 23.6 Å². The molecule has 0 aromatic heterocycles. The van der Waals surface area contributed by atoms with E-state index in [9.17, 15) is 14.4 Å². The molecule has 0 radical (unpaired) electrons. The van der Waals surface area contributed by atoms with Gasteiger partial charge in [0, 0.05) is 65.2 Å². The molecule has 2 aliphatic rings. The number of amides is 3. The summed E-state index contributed by atoms with van der Waals surface area (Å²) >= 11 is 0. The van der Waals surface area contributed by atoms with Crippen LogP contribution in [-0.2, 0) is 19.1 Å². The van der Waals surface area contributed by atoms with Gasteiger partial charge in [-0.1, -0.05) is 0 Å². The predicted molar refractivity (Wildman–Crippen MR) is 102 cm³/mol. The maximum atomic E-state index is 12.4. The maximum absolute atomic E-state index is 12.4. The van der Waals surface area contributed by atoms with Gasteiger partial charge in [0.2, 0.25) is 17.7 Å². The van der Waals surface area contributed by atoms with Crippen LogP contribution in [0.15, 0.2) is 0 Å². The van der Waals surface area contributed by atoms with E-state index in [2.05, 4.69) is 4.90 Å². The summed E-state index contributed by atoms with van der Waals surface area (Å²) in [5.74, 6) is 0.336. The molecule has 0 aromatic carbocycles. The Bertz CT molecular complexity index is 496. The van der Waals surface area contributed by atoms with E-state index in [1.165, 1.54) is 0 Å². The first-order valence-electron chi connectivity index (χ1n) is 10.2. The van der Waals surface area contributed by atoms with Crippen molar-refractivity contribution in [1.82, 2.24) is 19.6 Å². The van der Waals surface area contributed by atoms with Crippen molar-refractivity contribution in [1.29, 1.82) is 0 Å². The molecule has 0 spiro atoms. The van der Waals surface area contributed by atoms with Crippen LogP contribution in [0.25, 0.3) is 0 Å². The number of hydrogen-bond donors (Lipinski definition) is 0. The lowest BCUT2D eigenvalue weighted by Crippen LogP contribution is -2.53. The van der Waals surface area contributed by atoms with Crippen molar-refractivity contribution in [2.75, 3.05) is 72.1 Å². The number of hydrogen-bond acceptors (Lipinski definition) is 5. The van der Waals surface area contributed by atoms with Crippen LogP contribution in [0.1, 0.15) is 33.1 Å². The summed E-state index contributed by atoms with van der Waals surface area (Å²) in [5, 5.41) is 0. The van der Waals surface area contributed by atoms with E-state index in [-0.39, 0.29) is 17.7 Å². The molecule has 0 unspecified atom stereocenters. The van der Waals surface area contributed by atoms with Gasteiger partial charge in [-0.25, -0.2) is 0 Å². The summed E-state index contributed by atoms with van der Waals surface area (Å²) in [5.41, 5.74) is 0. The van der Waals surface area contributed by atoms with Crippen LogP contribution < -0.4 is 0 Å². The topological polar surface area (TPSA) is 73.4 Å². The van der Waals surface area contributed by atoms with Crippen molar-refractivity contribution < 1.29 is 19.1 Å². The van der Waals surface area contributed by atoms with Gasteiger partial charge in [-0.3, -0.25) is 19.3 Å². The third-order valence-corrected chi connectivity index (χ3v) is 5.35. The van der Waals surface area contributed by atoms with Gasteiger partial charge in [0.25, 0.3) is 0 Å². The Labute approximate surface area is 162 Å². The molecule has 2 heterocycles. The van der Waals surface area contributed by atoms with Crippen LogP contribution in [0.4, 0.5) is 0 Å². The van der Waals surface area contributed by atoms with Crippen LogP contribution in [0.2, 0.25) is 0 Å². The van der Waals surface area contributed by atoms with Gasteiger partial charge in [0.1, 0.15) is 0 Å². The van der Waals surface area contributed by atoms with Gasteiger partial charge in [0.15, 0.2) is 0 Å². The van der Waals surface area contributed by atoms with Crippen LogP contribution in [0.5, 0.6) is 0 Å². The summed E-state index contributed by atoms with van der Waals surface area (Å²) in [6.07, 6.45) is 1.41. The minimum absolute atomic E-state index is 0.0858. The largest absolute Gasteiger partial charge is 0.379 e. The van der Waals surface area contributed by atoms with E-state index in [0.717, 1.165) is 13.1 Å². The van der Waals surface area contributed by atoms with Gasteiger partial charge >= 0.3 is 0 Å². The van der Waals surface area contributed by atoms with Crippen LogP contribution in [0, 0.1) is 0 Å². The average molecular weight is 383 g/mol. The Balaban J connectivity index is 1.64. The highest BCUT2D eigenvalue weighted by molar-refractivity contribution is 5.80. The second kappa shape index (κ2) is 11.2. The summed E-state index contributed by atoms with van der Waals surface area (Å²) in [6, 6.07) is 0. The van der Waals surface area contributed by atoms with E-state index in [4.69, 9.17) is 4.74 Å². The van der Waals surface area contributed by atoms with Gasteiger partial charge in [-0.15, -0.1) is 0 Å². The highest BCUT2D eigenvalue weighted by atomic mass is 16.5. The third kappa shape index (κ3) is 6.77. The fourth-order valence-electron chi connectivity index (χ4n) is 3.54. The smallest absolute Gasteiger partial charge is 0.236 e. The van der Waals surface area contributed by atoms with Crippen molar-refractivity contribution in [3.63, 3.8) is 0 Å². The fraction of sp³-hybridized carbons (Fsp3) is 0.842. The lowest BCUT2D eigenvalue weighted by molar-refractivity contribution is -0.141. The molecule has 0 atom stereocenters. The molecule has 154 valence electrons. The Hall–Kier alpha value is -1.67. The van der Waals surface area contributed by atoms with Crippen LogP contribution in [-0.4, -0.2) is 109 Å². The zero-order chi connectivity index (χ0) is 19.6. The number of ether oxygens (including phenoxy) is 1. The molecule has 8 heteroatoms. The normalized spacial score (nSPS) is 18.4. The van der Waals surface area contributed by atoms with Gasteiger partial charge < -0.3 is 19.4 Å². The molecule has 0 saturated carbocycles. The first-order valence-corrected chi connectivity index (χ1v) is 10.2.